The molecule has 25 heavy (non-hydrogen) atoms. The maximum Gasteiger partial charge on any atom is 0.233 e. The van der Waals surface area contributed by atoms with Gasteiger partial charge in [-0.1, -0.05) is 17.7 Å². The summed E-state index contributed by atoms with van der Waals surface area (Å²) >= 11 is 0. The summed E-state index contributed by atoms with van der Waals surface area (Å²) in [5.74, 6) is 0.250. The molecule has 2 aromatic rings. The van der Waals surface area contributed by atoms with E-state index in [0.29, 0.717) is 22.9 Å². The Bertz CT molecular complexity index is 787. The van der Waals surface area contributed by atoms with Crippen LogP contribution in [0.15, 0.2) is 36.4 Å². The van der Waals surface area contributed by atoms with E-state index in [1.165, 1.54) is 14.2 Å². The number of amides is 2. The summed E-state index contributed by atoms with van der Waals surface area (Å²) in [5.41, 5.74) is 3.20. The van der Waals surface area contributed by atoms with Gasteiger partial charge in [-0.2, -0.15) is 0 Å². The van der Waals surface area contributed by atoms with E-state index in [9.17, 15) is 9.59 Å². The minimum absolute atomic E-state index is 0.298. The smallest absolute Gasteiger partial charge is 0.233 e. The van der Waals surface area contributed by atoms with Gasteiger partial charge in [0.2, 0.25) is 11.8 Å². The second kappa shape index (κ2) is 8.19. The van der Waals surface area contributed by atoms with E-state index in [2.05, 4.69) is 10.6 Å². The minimum Gasteiger partial charge on any atom is -0.497 e. The molecule has 2 N–H and O–H groups in total. The van der Waals surface area contributed by atoms with Crippen molar-refractivity contribution in [1.82, 2.24) is 0 Å². The molecule has 2 aromatic carbocycles. The Kier molecular flexibility index (Phi) is 6.00. The number of nitrogens with one attached hydrogen (secondary N) is 2. The zero-order valence-corrected chi connectivity index (χ0v) is 14.8. The van der Waals surface area contributed by atoms with Crippen molar-refractivity contribution in [3.63, 3.8) is 0 Å². The van der Waals surface area contributed by atoms with Crippen LogP contribution in [0.2, 0.25) is 0 Å². The first kappa shape index (κ1) is 18.3. The molecule has 0 aliphatic heterocycles. The number of carbonyl (C=O) groups is 2. The molecule has 0 heterocycles. The van der Waals surface area contributed by atoms with Gasteiger partial charge in [0.05, 0.1) is 19.9 Å². The number of rotatable bonds is 6. The van der Waals surface area contributed by atoms with Gasteiger partial charge in [-0.05, 0) is 37.6 Å². The van der Waals surface area contributed by atoms with Crippen LogP contribution in [-0.2, 0) is 9.59 Å². The first-order valence-corrected chi connectivity index (χ1v) is 7.82. The number of carbonyl (C=O) groups excluding carboxylic acids is 2. The Labute approximate surface area is 147 Å². The van der Waals surface area contributed by atoms with Crippen molar-refractivity contribution >= 4 is 23.2 Å². The normalized spacial score (nSPS) is 10.1. The van der Waals surface area contributed by atoms with Gasteiger partial charge in [0.1, 0.15) is 17.9 Å². The predicted octanol–water partition coefficient (Wildman–Crippen LogP) is 3.29. The molecular weight excluding hydrogens is 320 g/mol. The molecule has 0 saturated carbocycles. The van der Waals surface area contributed by atoms with E-state index in [1.54, 1.807) is 18.2 Å². The van der Waals surface area contributed by atoms with Crippen molar-refractivity contribution < 1.29 is 19.1 Å². The number of hydrogen-bond acceptors (Lipinski definition) is 4. The van der Waals surface area contributed by atoms with Crippen molar-refractivity contribution in [2.24, 2.45) is 0 Å². The molecule has 6 heteroatoms. The molecule has 0 spiro atoms. The summed E-state index contributed by atoms with van der Waals surface area (Å²) in [4.78, 5) is 24.3. The molecule has 0 atom stereocenters. The largest absolute Gasteiger partial charge is 0.497 e. The molecule has 6 nitrogen and oxygen atoms in total. The molecule has 0 bridgehead atoms. The van der Waals surface area contributed by atoms with Crippen molar-refractivity contribution in [1.29, 1.82) is 0 Å². The van der Waals surface area contributed by atoms with Crippen LogP contribution in [0.25, 0.3) is 0 Å². The fraction of sp³-hybridized carbons (Fsp3) is 0.263. The summed E-state index contributed by atoms with van der Waals surface area (Å²) < 4.78 is 10.3. The Hall–Kier alpha value is -3.02. The minimum atomic E-state index is -0.436. The van der Waals surface area contributed by atoms with Crippen LogP contribution >= 0.6 is 0 Å². The summed E-state index contributed by atoms with van der Waals surface area (Å²) in [6, 6.07) is 10.7. The second-order valence-corrected chi connectivity index (χ2v) is 5.66. The van der Waals surface area contributed by atoms with E-state index in [1.807, 2.05) is 32.0 Å². The Morgan fingerprint density at radius 3 is 2.16 bits per heavy atom. The van der Waals surface area contributed by atoms with Crippen LogP contribution in [0, 0.1) is 13.8 Å². The van der Waals surface area contributed by atoms with Crippen LogP contribution < -0.4 is 20.1 Å². The van der Waals surface area contributed by atoms with Gasteiger partial charge in [-0.15, -0.1) is 0 Å². The highest BCUT2D eigenvalue weighted by atomic mass is 16.5. The molecule has 0 unspecified atom stereocenters. The predicted molar refractivity (Wildman–Crippen MR) is 97.3 cm³/mol. The zero-order chi connectivity index (χ0) is 18.4. The molecule has 0 fully saturated rings. The van der Waals surface area contributed by atoms with Crippen LogP contribution in [0.1, 0.15) is 17.5 Å². The highest BCUT2D eigenvalue weighted by molar-refractivity contribution is 6.08. The summed E-state index contributed by atoms with van der Waals surface area (Å²) in [5, 5.41) is 5.42. The lowest BCUT2D eigenvalue weighted by Gasteiger charge is -2.12. The molecule has 2 amide bonds. The first-order chi connectivity index (χ1) is 11.9. The molecular formula is C19H22N2O4. The van der Waals surface area contributed by atoms with Crippen LogP contribution in [0.5, 0.6) is 11.5 Å². The molecule has 132 valence electrons. The quantitative estimate of drug-likeness (QED) is 0.790. The molecule has 0 aromatic heterocycles. The third kappa shape index (κ3) is 4.97. The lowest BCUT2D eigenvalue weighted by molar-refractivity contribution is -0.123. The van der Waals surface area contributed by atoms with E-state index < -0.39 is 5.91 Å². The topological polar surface area (TPSA) is 76.7 Å². The maximum atomic E-state index is 12.2. The SMILES string of the molecule is COc1ccc(OC)c(NC(=O)CC(=O)Nc2ccc(C)cc2C)c1. The summed E-state index contributed by atoms with van der Waals surface area (Å²) in [6.45, 7) is 3.89. The zero-order valence-electron chi connectivity index (χ0n) is 14.8. The average Bonchev–Trinajstić information content (AvgIpc) is 2.57. The standard InChI is InChI=1S/C19H22N2O4/c1-12-5-7-15(13(2)9-12)20-18(22)11-19(23)21-16-10-14(24-3)6-8-17(16)25-4/h5-10H,11H2,1-4H3,(H,20,22)(H,21,23). The van der Waals surface area contributed by atoms with Gasteiger partial charge in [-0.3, -0.25) is 9.59 Å². The third-order valence-corrected chi connectivity index (χ3v) is 3.66. The Morgan fingerprint density at radius 1 is 0.880 bits per heavy atom. The van der Waals surface area contributed by atoms with E-state index in [0.717, 1.165) is 11.1 Å². The van der Waals surface area contributed by atoms with E-state index in [4.69, 9.17) is 9.47 Å². The van der Waals surface area contributed by atoms with Crippen molar-refractivity contribution in [3.8, 4) is 11.5 Å². The number of benzene rings is 2. The highest BCUT2D eigenvalue weighted by Crippen LogP contribution is 2.29. The van der Waals surface area contributed by atoms with Gasteiger partial charge >= 0.3 is 0 Å². The van der Waals surface area contributed by atoms with Crippen LogP contribution in [0.3, 0.4) is 0 Å². The van der Waals surface area contributed by atoms with E-state index in [-0.39, 0.29) is 12.3 Å². The van der Waals surface area contributed by atoms with Gasteiger partial charge in [0, 0.05) is 11.8 Å². The first-order valence-electron chi connectivity index (χ1n) is 7.82. The van der Waals surface area contributed by atoms with Gasteiger partial charge in [0.25, 0.3) is 0 Å². The third-order valence-electron chi connectivity index (χ3n) is 3.66. The van der Waals surface area contributed by atoms with Gasteiger partial charge in [0.15, 0.2) is 0 Å². The Balaban J connectivity index is 2.01. The lowest BCUT2D eigenvalue weighted by atomic mass is 10.1. The van der Waals surface area contributed by atoms with Crippen molar-refractivity contribution in [3.05, 3.63) is 47.5 Å². The van der Waals surface area contributed by atoms with Crippen LogP contribution in [0.4, 0.5) is 11.4 Å². The number of hydrogen-bond donors (Lipinski definition) is 2. The van der Waals surface area contributed by atoms with Crippen molar-refractivity contribution in [2.75, 3.05) is 24.9 Å². The molecule has 0 aliphatic rings. The van der Waals surface area contributed by atoms with Gasteiger partial charge < -0.3 is 20.1 Å². The monoisotopic (exact) mass is 342 g/mol. The summed E-state index contributed by atoms with van der Waals surface area (Å²) in [6.07, 6.45) is -0.298. The number of ether oxygens (including phenoxy) is 2. The van der Waals surface area contributed by atoms with E-state index >= 15 is 0 Å². The van der Waals surface area contributed by atoms with Crippen LogP contribution in [-0.4, -0.2) is 26.0 Å². The highest BCUT2D eigenvalue weighted by Gasteiger charge is 2.14. The summed E-state index contributed by atoms with van der Waals surface area (Å²) in [7, 11) is 3.04. The molecule has 2 rings (SSSR count). The lowest BCUT2D eigenvalue weighted by Crippen LogP contribution is -2.22. The Morgan fingerprint density at radius 2 is 1.56 bits per heavy atom. The molecule has 0 aliphatic carbocycles. The van der Waals surface area contributed by atoms with Gasteiger partial charge in [-0.25, -0.2) is 0 Å². The molecule has 0 radical (unpaired) electrons. The number of aryl methyl sites for hydroxylation is 2. The fourth-order valence-electron chi connectivity index (χ4n) is 2.40. The molecule has 0 saturated heterocycles. The second-order valence-electron chi connectivity index (χ2n) is 5.66. The maximum absolute atomic E-state index is 12.2. The number of anilines is 2. The van der Waals surface area contributed by atoms with Crippen molar-refractivity contribution in [2.45, 2.75) is 20.3 Å². The average molecular weight is 342 g/mol. The fourth-order valence-corrected chi connectivity index (χ4v) is 2.40. The number of methoxy groups -OCH3 is 2.